The van der Waals surface area contributed by atoms with E-state index in [1.54, 1.807) is 17.1 Å². The van der Waals surface area contributed by atoms with Crippen molar-refractivity contribution in [2.24, 2.45) is 4.99 Å². The van der Waals surface area contributed by atoms with Gasteiger partial charge in [-0.25, -0.2) is 14.7 Å². The van der Waals surface area contributed by atoms with Gasteiger partial charge in [-0.1, -0.05) is 12.8 Å². The maximum absolute atomic E-state index is 4.71. The monoisotopic (exact) mass is 312 g/mol. The van der Waals surface area contributed by atoms with Gasteiger partial charge in [-0.2, -0.15) is 5.10 Å². The maximum atomic E-state index is 4.71. The SMILES string of the molecule is CCNC(=NCc1ccnc(-n2cccn2)c1)NC1CCCC1. The molecule has 6 heteroatoms. The quantitative estimate of drug-likeness (QED) is 0.656. The van der Waals surface area contributed by atoms with Crippen LogP contribution in [0.2, 0.25) is 0 Å². The number of hydrogen-bond acceptors (Lipinski definition) is 3. The molecule has 2 aromatic heterocycles. The largest absolute Gasteiger partial charge is 0.357 e. The number of guanidine groups is 1. The maximum Gasteiger partial charge on any atom is 0.191 e. The molecule has 0 aromatic carbocycles. The zero-order valence-corrected chi connectivity index (χ0v) is 13.6. The molecule has 1 fully saturated rings. The van der Waals surface area contributed by atoms with E-state index in [2.05, 4.69) is 27.6 Å². The Morgan fingerprint density at radius 1 is 1.35 bits per heavy atom. The van der Waals surface area contributed by atoms with Crippen molar-refractivity contribution in [1.82, 2.24) is 25.4 Å². The molecule has 1 aliphatic rings. The first-order valence-electron chi connectivity index (χ1n) is 8.35. The number of nitrogens with zero attached hydrogens (tertiary/aromatic N) is 4. The number of pyridine rings is 1. The standard InChI is InChI=1S/C17H24N6/c1-2-18-17(22-15-6-3-4-7-15)20-13-14-8-10-19-16(12-14)23-11-5-9-21-23/h5,8-12,15H,2-4,6-7,13H2,1H3,(H2,18,20,22). The number of nitrogens with one attached hydrogen (secondary N) is 2. The van der Waals surface area contributed by atoms with Crippen molar-refractivity contribution in [3.8, 4) is 5.82 Å². The van der Waals surface area contributed by atoms with Crippen LogP contribution in [-0.2, 0) is 6.54 Å². The van der Waals surface area contributed by atoms with Crippen LogP contribution in [0.1, 0.15) is 38.2 Å². The van der Waals surface area contributed by atoms with Crippen LogP contribution in [0.5, 0.6) is 0 Å². The fourth-order valence-electron chi connectivity index (χ4n) is 2.84. The molecule has 0 unspecified atom stereocenters. The van der Waals surface area contributed by atoms with Crippen LogP contribution in [-0.4, -0.2) is 33.3 Å². The van der Waals surface area contributed by atoms with Gasteiger partial charge in [-0.3, -0.25) is 0 Å². The van der Waals surface area contributed by atoms with E-state index < -0.39 is 0 Å². The first kappa shape index (κ1) is 15.5. The predicted octanol–water partition coefficient (Wildman–Crippen LogP) is 2.27. The summed E-state index contributed by atoms with van der Waals surface area (Å²) in [4.78, 5) is 9.06. The minimum Gasteiger partial charge on any atom is -0.357 e. The second kappa shape index (κ2) is 7.76. The molecule has 0 saturated heterocycles. The molecular formula is C17H24N6. The van der Waals surface area contributed by atoms with Gasteiger partial charge in [0.05, 0.1) is 6.54 Å². The topological polar surface area (TPSA) is 67.1 Å². The highest BCUT2D eigenvalue weighted by Crippen LogP contribution is 2.17. The van der Waals surface area contributed by atoms with Gasteiger partial charge in [-0.05, 0) is 43.5 Å². The van der Waals surface area contributed by atoms with E-state index in [9.17, 15) is 0 Å². The van der Waals surface area contributed by atoms with Gasteiger partial charge in [-0.15, -0.1) is 0 Å². The molecule has 0 bridgehead atoms. The summed E-state index contributed by atoms with van der Waals surface area (Å²) < 4.78 is 1.76. The Morgan fingerprint density at radius 2 is 2.22 bits per heavy atom. The van der Waals surface area contributed by atoms with Crippen LogP contribution in [0, 0.1) is 0 Å². The van der Waals surface area contributed by atoms with Gasteiger partial charge in [0.1, 0.15) is 0 Å². The fourth-order valence-corrected chi connectivity index (χ4v) is 2.84. The normalized spacial score (nSPS) is 15.8. The molecule has 2 N–H and O–H groups in total. The molecule has 0 atom stereocenters. The van der Waals surface area contributed by atoms with Crippen LogP contribution in [0.4, 0.5) is 0 Å². The summed E-state index contributed by atoms with van der Waals surface area (Å²) in [7, 11) is 0. The van der Waals surface area contributed by atoms with E-state index in [0.29, 0.717) is 12.6 Å². The lowest BCUT2D eigenvalue weighted by Crippen LogP contribution is -2.42. The number of hydrogen-bond donors (Lipinski definition) is 2. The van der Waals surface area contributed by atoms with E-state index in [0.717, 1.165) is 23.9 Å². The third kappa shape index (κ3) is 4.31. The van der Waals surface area contributed by atoms with Crippen molar-refractivity contribution in [3.05, 3.63) is 42.4 Å². The Balaban J connectivity index is 1.67. The number of aliphatic imine (C=N–C) groups is 1. The average molecular weight is 312 g/mol. The van der Waals surface area contributed by atoms with Gasteiger partial charge in [0.25, 0.3) is 0 Å². The van der Waals surface area contributed by atoms with Crippen molar-refractivity contribution < 1.29 is 0 Å². The zero-order chi connectivity index (χ0) is 15.9. The van der Waals surface area contributed by atoms with Crippen molar-refractivity contribution >= 4 is 5.96 Å². The zero-order valence-electron chi connectivity index (χ0n) is 13.6. The molecule has 23 heavy (non-hydrogen) atoms. The Morgan fingerprint density at radius 3 is 2.96 bits per heavy atom. The molecular weight excluding hydrogens is 288 g/mol. The molecule has 2 heterocycles. The summed E-state index contributed by atoms with van der Waals surface area (Å²) >= 11 is 0. The highest BCUT2D eigenvalue weighted by atomic mass is 15.3. The van der Waals surface area contributed by atoms with E-state index in [1.165, 1.54) is 25.7 Å². The fraction of sp³-hybridized carbons (Fsp3) is 0.471. The molecule has 0 spiro atoms. The van der Waals surface area contributed by atoms with E-state index >= 15 is 0 Å². The molecule has 2 aromatic rings. The summed E-state index contributed by atoms with van der Waals surface area (Å²) in [6.45, 7) is 3.58. The minimum absolute atomic E-state index is 0.560. The second-order valence-electron chi connectivity index (χ2n) is 5.79. The molecule has 1 saturated carbocycles. The smallest absolute Gasteiger partial charge is 0.191 e. The Bertz CT molecular complexity index is 628. The van der Waals surface area contributed by atoms with Crippen LogP contribution < -0.4 is 10.6 Å². The Kier molecular flexibility index (Phi) is 5.24. The van der Waals surface area contributed by atoms with Crippen LogP contribution >= 0.6 is 0 Å². The van der Waals surface area contributed by atoms with E-state index in [1.807, 2.05) is 24.4 Å². The van der Waals surface area contributed by atoms with E-state index in [4.69, 9.17) is 4.99 Å². The van der Waals surface area contributed by atoms with Gasteiger partial charge >= 0.3 is 0 Å². The molecule has 3 rings (SSSR count). The first-order valence-corrected chi connectivity index (χ1v) is 8.35. The summed E-state index contributed by atoms with van der Waals surface area (Å²) in [5, 5.41) is 11.1. The lowest BCUT2D eigenvalue weighted by atomic mass is 10.2. The minimum atomic E-state index is 0.560. The third-order valence-electron chi connectivity index (χ3n) is 4.01. The molecule has 1 aliphatic carbocycles. The average Bonchev–Trinajstić information content (AvgIpc) is 3.27. The van der Waals surface area contributed by atoms with Crippen molar-refractivity contribution in [2.75, 3.05) is 6.54 Å². The van der Waals surface area contributed by atoms with Gasteiger partial charge in [0.2, 0.25) is 0 Å². The van der Waals surface area contributed by atoms with Crippen molar-refractivity contribution in [2.45, 2.75) is 45.2 Å². The molecule has 0 radical (unpaired) electrons. The molecule has 6 nitrogen and oxygen atoms in total. The van der Waals surface area contributed by atoms with Gasteiger partial charge in [0, 0.05) is 31.2 Å². The summed E-state index contributed by atoms with van der Waals surface area (Å²) in [5.41, 5.74) is 1.12. The predicted molar refractivity (Wildman–Crippen MR) is 91.6 cm³/mol. The highest BCUT2D eigenvalue weighted by Gasteiger charge is 2.15. The second-order valence-corrected chi connectivity index (χ2v) is 5.79. The first-order chi connectivity index (χ1) is 11.3. The lowest BCUT2D eigenvalue weighted by Gasteiger charge is -2.16. The van der Waals surface area contributed by atoms with Crippen LogP contribution in [0.15, 0.2) is 41.8 Å². The van der Waals surface area contributed by atoms with Gasteiger partial charge < -0.3 is 10.6 Å². The molecule has 0 aliphatic heterocycles. The third-order valence-corrected chi connectivity index (χ3v) is 4.01. The number of aromatic nitrogens is 3. The summed E-state index contributed by atoms with van der Waals surface area (Å²) in [6, 6.07) is 6.47. The summed E-state index contributed by atoms with van der Waals surface area (Å²) in [6.07, 6.45) is 10.6. The van der Waals surface area contributed by atoms with Crippen LogP contribution in [0.25, 0.3) is 5.82 Å². The number of rotatable bonds is 5. The van der Waals surface area contributed by atoms with Crippen LogP contribution in [0.3, 0.4) is 0 Å². The highest BCUT2D eigenvalue weighted by molar-refractivity contribution is 5.80. The summed E-state index contributed by atoms with van der Waals surface area (Å²) in [5.74, 6) is 1.72. The Labute approximate surface area is 137 Å². The lowest BCUT2D eigenvalue weighted by molar-refractivity contribution is 0.614. The van der Waals surface area contributed by atoms with Crippen molar-refractivity contribution in [1.29, 1.82) is 0 Å². The molecule has 0 amide bonds. The Hall–Kier alpha value is -2.37. The van der Waals surface area contributed by atoms with E-state index in [-0.39, 0.29) is 0 Å². The van der Waals surface area contributed by atoms with Crippen molar-refractivity contribution in [3.63, 3.8) is 0 Å². The molecule has 122 valence electrons. The van der Waals surface area contributed by atoms with Gasteiger partial charge in [0.15, 0.2) is 11.8 Å².